The topological polar surface area (TPSA) is 84.0 Å². The molecule has 8 nitrogen and oxygen atoms in total. The fraction of sp³-hybridized carbons (Fsp3) is 0.692. The van der Waals surface area contributed by atoms with E-state index in [0.717, 1.165) is 0 Å². The Morgan fingerprint density at radius 2 is 1.62 bits per heavy atom. The van der Waals surface area contributed by atoms with Gasteiger partial charge in [-0.3, -0.25) is 0 Å². The number of aromatic nitrogens is 2. The van der Waals surface area contributed by atoms with E-state index >= 15 is 0 Å². The van der Waals surface area contributed by atoms with Crippen molar-refractivity contribution in [1.29, 1.82) is 0 Å². The average Bonchev–Trinajstić information content (AvgIpc) is 2.52. The molecule has 0 saturated heterocycles. The molecule has 0 bridgehead atoms. The zero-order valence-corrected chi connectivity index (χ0v) is 12.8. The molecule has 0 atom stereocenters. The van der Waals surface area contributed by atoms with Crippen LogP contribution < -0.4 is 14.8 Å². The van der Waals surface area contributed by atoms with Gasteiger partial charge in [-0.2, -0.15) is 4.98 Å². The van der Waals surface area contributed by atoms with Crippen LogP contribution in [0.4, 0.5) is 5.82 Å². The highest BCUT2D eigenvalue weighted by molar-refractivity contribution is 5.54. The summed E-state index contributed by atoms with van der Waals surface area (Å²) in [4.78, 5) is 8.07. The number of hydrogen-bond donors (Lipinski definition) is 1. The molecule has 0 saturated carbocycles. The summed E-state index contributed by atoms with van der Waals surface area (Å²) in [6.45, 7) is 3.01. The summed E-state index contributed by atoms with van der Waals surface area (Å²) < 4.78 is 26.2. The van der Waals surface area contributed by atoms with Crippen molar-refractivity contribution in [3.63, 3.8) is 0 Å². The monoisotopic (exact) mass is 301 g/mol. The van der Waals surface area contributed by atoms with Gasteiger partial charge in [0.25, 0.3) is 5.88 Å². The number of nitrogens with zero attached hydrogens (tertiary/aromatic N) is 2. The van der Waals surface area contributed by atoms with E-state index in [4.69, 9.17) is 23.7 Å². The van der Waals surface area contributed by atoms with Crippen molar-refractivity contribution >= 4 is 5.82 Å². The third-order valence-corrected chi connectivity index (χ3v) is 2.48. The lowest BCUT2D eigenvalue weighted by atomic mass is 10.5. The molecule has 0 spiro atoms. The van der Waals surface area contributed by atoms with Crippen molar-refractivity contribution in [3.8, 4) is 11.6 Å². The van der Waals surface area contributed by atoms with Crippen LogP contribution in [0.25, 0.3) is 0 Å². The van der Waals surface area contributed by atoms with Crippen LogP contribution in [0, 0.1) is 0 Å². The Morgan fingerprint density at radius 1 is 0.952 bits per heavy atom. The molecule has 120 valence electrons. The predicted molar refractivity (Wildman–Crippen MR) is 77.1 cm³/mol. The van der Waals surface area contributed by atoms with Gasteiger partial charge in [-0.05, 0) is 0 Å². The van der Waals surface area contributed by atoms with Crippen molar-refractivity contribution in [3.05, 3.63) is 6.33 Å². The molecule has 1 heterocycles. The highest BCUT2D eigenvalue weighted by Crippen LogP contribution is 2.30. The van der Waals surface area contributed by atoms with Gasteiger partial charge in [0.15, 0.2) is 5.82 Å². The second kappa shape index (κ2) is 11.1. The maximum absolute atomic E-state index is 5.51. The zero-order chi connectivity index (χ0) is 15.3. The Morgan fingerprint density at radius 3 is 2.24 bits per heavy atom. The van der Waals surface area contributed by atoms with Crippen LogP contribution in [0.2, 0.25) is 0 Å². The Labute approximate surface area is 124 Å². The van der Waals surface area contributed by atoms with E-state index in [1.54, 1.807) is 21.3 Å². The Hall–Kier alpha value is -1.64. The molecule has 0 aliphatic carbocycles. The first kappa shape index (κ1) is 17.4. The number of hydrogen-bond acceptors (Lipinski definition) is 8. The molecule has 0 unspecified atom stereocenters. The lowest BCUT2D eigenvalue weighted by Crippen LogP contribution is -2.13. The summed E-state index contributed by atoms with van der Waals surface area (Å²) in [6.07, 6.45) is 1.41. The minimum absolute atomic E-state index is 0.370. The van der Waals surface area contributed by atoms with Crippen LogP contribution in [0.15, 0.2) is 6.33 Å². The number of methoxy groups -OCH3 is 2. The van der Waals surface area contributed by atoms with E-state index in [1.807, 2.05) is 0 Å². The number of ether oxygens (including phenoxy) is 5. The molecule has 1 aromatic heterocycles. The van der Waals surface area contributed by atoms with Crippen LogP contribution in [0.3, 0.4) is 0 Å². The fourth-order valence-electron chi connectivity index (χ4n) is 1.48. The molecule has 0 aliphatic rings. The lowest BCUT2D eigenvalue weighted by molar-refractivity contribution is 0.0174. The van der Waals surface area contributed by atoms with Gasteiger partial charge < -0.3 is 29.0 Å². The second-order valence-electron chi connectivity index (χ2n) is 3.88. The van der Waals surface area contributed by atoms with Gasteiger partial charge >= 0.3 is 0 Å². The summed E-state index contributed by atoms with van der Waals surface area (Å²) in [5, 5.41) is 2.91. The number of rotatable bonds is 12. The molecule has 0 aromatic carbocycles. The summed E-state index contributed by atoms with van der Waals surface area (Å²) >= 11 is 0. The summed E-state index contributed by atoms with van der Waals surface area (Å²) in [7, 11) is 4.93. The van der Waals surface area contributed by atoms with Crippen molar-refractivity contribution in [2.24, 2.45) is 0 Å². The van der Waals surface area contributed by atoms with Crippen LogP contribution in [0.5, 0.6) is 11.6 Å². The van der Waals surface area contributed by atoms with Gasteiger partial charge in [0.1, 0.15) is 12.9 Å². The maximum atomic E-state index is 5.51. The number of anilines is 1. The molecular formula is C13H23N3O5. The Bertz CT molecular complexity index is 392. The fourth-order valence-corrected chi connectivity index (χ4v) is 1.48. The van der Waals surface area contributed by atoms with Crippen LogP contribution in [0.1, 0.15) is 0 Å². The SMILES string of the molecule is CNc1ncnc(OCCOCCOCCOC)c1OC. The van der Waals surface area contributed by atoms with E-state index in [9.17, 15) is 0 Å². The van der Waals surface area contributed by atoms with Gasteiger partial charge in [0, 0.05) is 14.2 Å². The largest absolute Gasteiger partial charge is 0.489 e. The molecule has 1 N–H and O–H groups in total. The van der Waals surface area contributed by atoms with E-state index in [2.05, 4.69) is 15.3 Å². The summed E-state index contributed by atoms with van der Waals surface area (Å²) in [5.41, 5.74) is 0. The highest BCUT2D eigenvalue weighted by atomic mass is 16.6. The average molecular weight is 301 g/mol. The smallest absolute Gasteiger partial charge is 0.262 e. The summed E-state index contributed by atoms with van der Waals surface area (Å²) in [5.74, 6) is 1.44. The Kier molecular flexibility index (Phi) is 9.18. The van der Waals surface area contributed by atoms with Crippen LogP contribution in [-0.4, -0.2) is 70.9 Å². The first-order valence-corrected chi connectivity index (χ1v) is 6.67. The minimum atomic E-state index is 0.370. The van der Waals surface area contributed by atoms with Gasteiger partial charge in [0.2, 0.25) is 5.75 Å². The molecule has 0 fully saturated rings. The van der Waals surface area contributed by atoms with Crippen molar-refractivity contribution in [2.75, 3.05) is 66.2 Å². The van der Waals surface area contributed by atoms with Crippen LogP contribution in [-0.2, 0) is 14.2 Å². The highest BCUT2D eigenvalue weighted by Gasteiger charge is 2.11. The first-order chi connectivity index (χ1) is 10.3. The van der Waals surface area contributed by atoms with Crippen LogP contribution >= 0.6 is 0 Å². The van der Waals surface area contributed by atoms with Gasteiger partial charge in [-0.25, -0.2) is 4.98 Å². The van der Waals surface area contributed by atoms with Crippen molar-refractivity contribution in [1.82, 2.24) is 9.97 Å². The molecule has 1 rings (SSSR count). The molecule has 1 aromatic rings. The molecular weight excluding hydrogens is 278 g/mol. The van der Waals surface area contributed by atoms with Crippen molar-refractivity contribution in [2.45, 2.75) is 0 Å². The van der Waals surface area contributed by atoms with E-state index < -0.39 is 0 Å². The maximum Gasteiger partial charge on any atom is 0.262 e. The standard InChI is InChI=1S/C13H23N3O5/c1-14-12-11(18-3)13(16-10-15-12)21-9-8-20-7-6-19-5-4-17-2/h10H,4-9H2,1-3H3,(H,14,15,16). The first-order valence-electron chi connectivity index (χ1n) is 6.67. The van der Waals surface area contributed by atoms with Crippen molar-refractivity contribution < 1.29 is 23.7 Å². The van der Waals surface area contributed by atoms with E-state index in [-0.39, 0.29) is 0 Å². The lowest BCUT2D eigenvalue weighted by Gasteiger charge is -2.12. The molecule has 0 aliphatic heterocycles. The zero-order valence-electron chi connectivity index (χ0n) is 12.8. The van der Waals surface area contributed by atoms with E-state index in [1.165, 1.54) is 6.33 Å². The third kappa shape index (κ3) is 6.56. The summed E-state index contributed by atoms with van der Waals surface area (Å²) in [6, 6.07) is 0. The third-order valence-electron chi connectivity index (χ3n) is 2.48. The molecule has 8 heteroatoms. The predicted octanol–water partition coefficient (Wildman–Crippen LogP) is 0.585. The molecule has 0 radical (unpaired) electrons. The van der Waals surface area contributed by atoms with Gasteiger partial charge in [-0.15, -0.1) is 0 Å². The normalized spacial score (nSPS) is 10.4. The minimum Gasteiger partial charge on any atom is -0.489 e. The Balaban J connectivity index is 2.18. The second-order valence-corrected chi connectivity index (χ2v) is 3.88. The van der Waals surface area contributed by atoms with Gasteiger partial charge in [0.05, 0.1) is 40.1 Å². The van der Waals surface area contributed by atoms with E-state index in [0.29, 0.717) is 57.1 Å². The van der Waals surface area contributed by atoms with Gasteiger partial charge in [-0.1, -0.05) is 0 Å². The number of nitrogens with one attached hydrogen (secondary N) is 1. The quantitative estimate of drug-likeness (QED) is 0.561. The molecule has 0 amide bonds. The molecule has 21 heavy (non-hydrogen) atoms.